The summed E-state index contributed by atoms with van der Waals surface area (Å²) in [6.07, 6.45) is 1.74. The van der Waals surface area contributed by atoms with Gasteiger partial charge in [0.1, 0.15) is 11.6 Å². The lowest BCUT2D eigenvalue weighted by atomic mass is 9.73. The van der Waals surface area contributed by atoms with E-state index in [9.17, 15) is 15.3 Å². The first-order valence-electron chi connectivity index (χ1n) is 12.1. The third-order valence-electron chi connectivity index (χ3n) is 6.87. The molecule has 6 nitrogen and oxygen atoms in total. The van der Waals surface area contributed by atoms with Gasteiger partial charge in [-0.15, -0.1) is 0 Å². The minimum atomic E-state index is -0.705. The molecule has 1 heterocycles. The summed E-state index contributed by atoms with van der Waals surface area (Å²) in [6.45, 7) is 0. The highest BCUT2D eigenvalue weighted by Gasteiger charge is 2.44. The minimum absolute atomic E-state index is 0.00183. The van der Waals surface area contributed by atoms with E-state index in [1.165, 1.54) is 0 Å². The van der Waals surface area contributed by atoms with Gasteiger partial charge >= 0.3 is 0 Å². The monoisotopic (exact) mass is 558 g/mol. The van der Waals surface area contributed by atoms with E-state index < -0.39 is 5.92 Å². The number of anilines is 1. The summed E-state index contributed by atoms with van der Waals surface area (Å²) in [7, 11) is 3.12. The van der Waals surface area contributed by atoms with Gasteiger partial charge in [-0.1, -0.05) is 64.5 Å². The summed E-state index contributed by atoms with van der Waals surface area (Å²) in [4.78, 5) is 15.5. The number of nitrogens with zero attached hydrogens (tertiary/aromatic N) is 1. The van der Waals surface area contributed by atoms with Gasteiger partial charge in [-0.25, -0.2) is 0 Å². The normalized spacial score (nSPS) is 19.0. The third-order valence-corrected chi connectivity index (χ3v) is 7.36. The number of rotatable bonds is 5. The first kappa shape index (κ1) is 24.8. The van der Waals surface area contributed by atoms with Crippen molar-refractivity contribution in [1.29, 1.82) is 5.41 Å². The first-order valence-corrected chi connectivity index (χ1v) is 12.9. The summed E-state index contributed by atoms with van der Waals surface area (Å²) in [5, 5.41) is 21.2. The zero-order chi connectivity index (χ0) is 26.1. The molecule has 0 fully saturated rings. The number of halogens is 1. The van der Waals surface area contributed by atoms with Crippen molar-refractivity contribution in [3.63, 3.8) is 0 Å². The molecule has 1 aliphatic carbocycles. The molecule has 0 spiro atoms. The lowest BCUT2D eigenvalue weighted by Gasteiger charge is -2.42. The number of aliphatic hydroxyl groups excluding tert-OH is 1. The second-order valence-corrected chi connectivity index (χ2v) is 9.86. The Morgan fingerprint density at radius 1 is 1.00 bits per heavy atom. The Hall–Kier alpha value is -3.84. The van der Waals surface area contributed by atoms with Crippen LogP contribution in [0.5, 0.6) is 11.5 Å². The van der Waals surface area contributed by atoms with Crippen LogP contribution >= 0.6 is 15.9 Å². The van der Waals surface area contributed by atoms with Crippen LogP contribution in [-0.2, 0) is 4.79 Å². The molecule has 2 aliphatic rings. The molecular weight excluding hydrogens is 532 g/mol. The van der Waals surface area contributed by atoms with E-state index in [4.69, 9.17) is 9.47 Å². The number of ether oxygens (including phenoxy) is 2. The van der Waals surface area contributed by atoms with E-state index in [0.29, 0.717) is 53.0 Å². The molecule has 1 atom stereocenters. The van der Waals surface area contributed by atoms with Gasteiger partial charge in [-0.2, -0.15) is 0 Å². The van der Waals surface area contributed by atoms with Crippen molar-refractivity contribution in [2.45, 2.75) is 25.2 Å². The highest BCUT2D eigenvalue weighted by molar-refractivity contribution is 9.10. The number of allylic oxidation sites excluding steroid dienone is 2. The van der Waals surface area contributed by atoms with E-state index in [-0.39, 0.29) is 17.4 Å². The van der Waals surface area contributed by atoms with Crippen LogP contribution in [0.15, 0.2) is 94.1 Å². The van der Waals surface area contributed by atoms with Crippen molar-refractivity contribution in [3.05, 3.63) is 105 Å². The zero-order valence-corrected chi connectivity index (χ0v) is 22.2. The average Bonchev–Trinajstić information content (AvgIpc) is 2.92. The van der Waals surface area contributed by atoms with Crippen LogP contribution in [0, 0.1) is 5.41 Å². The number of ketones is 1. The predicted molar refractivity (Wildman–Crippen MR) is 149 cm³/mol. The van der Waals surface area contributed by atoms with Gasteiger partial charge in [0.05, 0.1) is 20.1 Å². The summed E-state index contributed by atoms with van der Waals surface area (Å²) < 4.78 is 12.2. The molecule has 0 bridgehead atoms. The van der Waals surface area contributed by atoms with Gasteiger partial charge in [0.15, 0.2) is 17.3 Å². The molecule has 0 aromatic heterocycles. The predicted octanol–water partition coefficient (Wildman–Crippen LogP) is 7.02. The second-order valence-electron chi connectivity index (χ2n) is 8.95. The van der Waals surface area contributed by atoms with Crippen LogP contribution in [-0.4, -0.2) is 30.9 Å². The zero-order valence-electron chi connectivity index (χ0n) is 20.6. The van der Waals surface area contributed by atoms with Gasteiger partial charge in [0.2, 0.25) is 0 Å². The maximum atomic E-state index is 13.7. The molecule has 0 saturated carbocycles. The minimum Gasteiger partial charge on any atom is -0.507 e. The number of aliphatic hydroxyl groups is 1. The van der Waals surface area contributed by atoms with Gasteiger partial charge in [-0.3, -0.25) is 15.1 Å². The van der Waals surface area contributed by atoms with E-state index in [2.05, 4.69) is 15.9 Å². The molecule has 5 rings (SSSR count). The van der Waals surface area contributed by atoms with Crippen LogP contribution in [0.3, 0.4) is 0 Å². The lowest BCUT2D eigenvalue weighted by molar-refractivity contribution is -0.116. The summed E-state index contributed by atoms with van der Waals surface area (Å²) in [5.41, 5.74) is 3.67. The third kappa shape index (κ3) is 4.33. The standard InChI is InChI=1S/C30H27BrN2O4/c1-36-24-16-7-13-21(29(24)37-2)25-26-22(14-8-15-23(26)34)33(20-12-6-11-19(31)17-20)30(32)27(25)28(35)18-9-4-3-5-10-18/h3-7,9-13,16-17,25,32,35H,8,14-15H2,1-2H3/b28-27+,32-30?. The summed E-state index contributed by atoms with van der Waals surface area (Å²) >= 11 is 3.54. The number of Topliss-reactive ketones (excluding diaryl/α,β-unsaturated/α-hetero) is 1. The van der Waals surface area contributed by atoms with Crippen LogP contribution in [0.4, 0.5) is 5.69 Å². The van der Waals surface area contributed by atoms with Crippen molar-refractivity contribution in [2.75, 3.05) is 19.1 Å². The highest BCUT2D eigenvalue weighted by Crippen LogP contribution is 2.51. The number of amidine groups is 1. The Labute approximate surface area is 224 Å². The molecule has 188 valence electrons. The molecule has 0 amide bonds. The van der Waals surface area contributed by atoms with Gasteiger partial charge in [0.25, 0.3) is 0 Å². The Morgan fingerprint density at radius 2 is 1.76 bits per heavy atom. The molecule has 7 heteroatoms. The number of methoxy groups -OCH3 is 2. The maximum Gasteiger partial charge on any atom is 0.164 e. The van der Waals surface area contributed by atoms with E-state index in [0.717, 1.165) is 15.9 Å². The highest BCUT2D eigenvalue weighted by atomic mass is 79.9. The number of hydrogen-bond acceptors (Lipinski definition) is 5. The number of carbonyl (C=O) groups is 1. The van der Waals surface area contributed by atoms with Crippen LogP contribution < -0.4 is 14.4 Å². The van der Waals surface area contributed by atoms with Crippen molar-refractivity contribution < 1.29 is 19.4 Å². The Morgan fingerprint density at radius 3 is 2.46 bits per heavy atom. The molecule has 0 radical (unpaired) electrons. The summed E-state index contributed by atoms with van der Waals surface area (Å²) in [5.74, 6) is 0.353. The smallest absolute Gasteiger partial charge is 0.164 e. The first-order chi connectivity index (χ1) is 18.0. The van der Waals surface area contributed by atoms with Crippen molar-refractivity contribution >= 4 is 39.0 Å². The van der Waals surface area contributed by atoms with Crippen molar-refractivity contribution in [3.8, 4) is 11.5 Å². The van der Waals surface area contributed by atoms with Crippen LogP contribution in [0.1, 0.15) is 36.3 Å². The number of carbonyl (C=O) groups excluding carboxylic acids is 1. The SMILES string of the molecule is COc1cccc(C2C3=C(CCCC3=O)N(c3cccc(Br)c3)C(=N)/C2=C(/O)c2ccccc2)c1OC. The second kappa shape index (κ2) is 10.3. The number of nitrogens with one attached hydrogen (secondary N) is 1. The van der Waals surface area contributed by atoms with E-state index >= 15 is 0 Å². The molecule has 3 aromatic rings. The van der Waals surface area contributed by atoms with Crippen LogP contribution in [0.2, 0.25) is 0 Å². The average molecular weight is 559 g/mol. The molecule has 1 unspecified atom stereocenters. The molecule has 0 saturated heterocycles. The van der Waals surface area contributed by atoms with Crippen molar-refractivity contribution in [1.82, 2.24) is 0 Å². The Balaban J connectivity index is 1.88. The maximum absolute atomic E-state index is 13.7. The molecule has 37 heavy (non-hydrogen) atoms. The topological polar surface area (TPSA) is 82.9 Å². The Bertz CT molecular complexity index is 1440. The van der Waals surface area contributed by atoms with Crippen molar-refractivity contribution in [2.24, 2.45) is 0 Å². The Kier molecular flexibility index (Phi) is 6.89. The fourth-order valence-electron chi connectivity index (χ4n) is 5.29. The van der Waals surface area contributed by atoms with E-state index in [1.807, 2.05) is 54.6 Å². The van der Waals surface area contributed by atoms with Gasteiger partial charge < -0.3 is 14.6 Å². The van der Waals surface area contributed by atoms with E-state index in [1.54, 1.807) is 37.3 Å². The number of benzene rings is 3. The van der Waals surface area contributed by atoms with Crippen LogP contribution in [0.25, 0.3) is 5.76 Å². The molecular formula is C30H27BrN2O4. The molecule has 1 aliphatic heterocycles. The fraction of sp³-hybridized carbons (Fsp3) is 0.200. The quantitative estimate of drug-likeness (QED) is 0.328. The molecule has 2 N–H and O–H groups in total. The van der Waals surface area contributed by atoms with Gasteiger partial charge in [-0.05, 0) is 37.1 Å². The number of para-hydroxylation sites is 1. The fourth-order valence-corrected chi connectivity index (χ4v) is 5.68. The largest absolute Gasteiger partial charge is 0.507 e. The molecule has 3 aromatic carbocycles. The summed E-state index contributed by atoms with van der Waals surface area (Å²) in [6, 6.07) is 22.3. The number of hydrogen-bond donors (Lipinski definition) is 2. The van der Waals surface area contributed by atoms with Gasteiger partial charge in [0, 0.05) is 44.6 Å². The lowest BCUT2D eigenvalue weighted by Crippen LogP contribution is -2.42.